The molecule has 2 aliphatic rings. The molecule has 1 amide bonds. The van der Waals surface area contributed by atoms with Gasteiger partial charge in [-0.1, -0.05) is 45.0 Å². The number of carbonyl (C=O) groups is 1. The van der Waals surface area contributed by atoms with Gasteiger partial charge in [0.15, 0.2) is 23.3 Å². The highest BCUT2D eigenvalue weighted by atomic mass is 35.5. The summed E-state index contributed by atoms with van der Waals surface area (Å²) in [5.74, 6) is -8.28. The summed E-state index contributed by atoms with van der Waals surface area (Å²) in [5.41, 5.74) is 2.01. The van der Waals surface area contributed by atoms with Gasteiger partial charge in [0.05, 0.1) is 28.0 Å². The van der Waals surface area contributed by atoms with Gasteiger partial charge in [-0.3, -0.25) is 19.1 Å². The number of hydrogen-bond donors (Lipinski definition) is 1. The molecule has 1 aromatic carbocycles. The lowest BCUT2D eigenvalue weighted by molar-refractivity contribution is -0.130. The van der Waals surface area contributed by atoms with Gasteiger partial charge in [-0.25, -0.2) is 22.5 Å². The van der Waals surface area contributed by atoms with Gasteiger partial charge in [0.2, 0.25) is 5.91 Å². The number of pyridine rings is 2. The Hall–Kier alpha value is -4.70. The zero-order valence-electron chi connectivity index (χ0n) is 26.3. The number of amides is 1. The number of fused-ring (bicyclic) bond motifs is 1. The molecule has 2 aromatic heterocycles. The highest BCUT2D eigenvalue weighted by Gasteiger charge is 2.38. The van der Waals surface area contributed by atoms with E-state index in [-0.39, 0.29) is 70.2 Å². The number of benzene rings is 1. The number of rotatable bonds is 5. The normalized spacial score (nSPS) is 21.3. The van der Waals surface area contributed by atoms with Crippen LogP contribution in [0.1, 0.15) is 46.2 Å². The fourth-order valence-electron chi connectivity index (χ4n) is 6.63. The summed E-state index contributed by atoms with van der Waals surface area (Å²) in [7, 11) is 0. The minimum Gasteiger partial charge on any atom is -0.394 e. The number of nitrogen functional groups attached to an aromatic ring is 1. The molecule has 4 heterocycles. The van der Waals surface area contributed by atoms with E-state index in [0.717, 1.165) is 0 Å². The first-order valence-electron chi connectivity index (χ1n) is 14.9. The van der Waals surface area contributed by atoms with Crippen LogP contribution in [0.2, 0.25) is 5.02 Å². The minimum absolute atomic E-state index is 0.129. The maximum Gasteiger partial charge on any atom is 0.272 e. The van der Waals surface area contributed by atoms with Crippen LogP contribution in [0, 0.1) is 46.4 Å². The molecule has 1 saturated heterocycles. The number of nitrogens with zero attached hydrogens (tertiary/aromatic N) is 6. The summed E-state index contributed by atoms with van der Waals surface area (Å²) < 4.78 is 60.6. The Morgan fingerprint density at radius 2 is 1.77 bits per heavy atom. The molecule has 5 rings (SSSR count). The van der Waals surface area contributed by atoms with Crippen molar-refractivity contribution in [1.82, 2.24) is 14.5 Å². The van der Waals surface area contributed by atoms with Gasteiger partial charge in [-0.05, 0) is 31.9 Å². The van der Waals surface area contributed by atoms with E-state index >= 15 is 8.78 Å². The Bertz CT molecular complexity index is 1960. The van der Waals surface area contributed by atoms with Gasteiger partial charge < -0.3 is 15.5 Å². The Morgan fingerprint density at radius 3 is 2.34 bits per heavy atom. The van der Waals surface area contributed by atoms with Crippen LogP contribution in [-0.4, -0.2) is 51.2 Å². The van der Waals surface area contributed by atoms with Crippen molar-refractivity contribution in [3.05, 3.63) is 75.2 Å². The van der Waals surface area contributed by atoms with E-state index in [1.54, 1.807) is 22.1 Å². The molecule has 47 heavy (non-hydrogen) atoms. The molecule has 0 unspecified atom stereocenters. The summed E-state index contributed by atoms with van der Waals surface area (Å²) >= 11 is 6.62. The van der Waals surface area contributed by atoms with Crippen LogP contribution < -0.4 is 16.2 Å². The van der Waals surface area contributed by atoms with E-state index in [0.29, 0.717) is 5.71 Å². The van der Waals surface area contributed by atoms with Gasteiger partial charge >= 0.3 is 0 Å². The fourth-order valence-corrected chi connectivity index (χ4v) is 6.88. The third-order valence-corrected chi connectivity index (χ3v) is 8.99. The maximum absolute atomic E-state index is 15.4. The number of allylic oxidation sites excluding steroid dienone is 1. The average molecular weight is 670 g/mol. The molecule has 246 valence electrons. The van der Waals surface area contributed by atoms with Gasteiger partial charge in [0, 0.05) is 48.4 Å². The lowest BCUT2D eigenvalue weighted by Crippen LogP contribution is -2.58. The van der Waals surface area contributed by atoms with Gasteiger partial charge in [0.25, 0.3) is 5.56 Å². The first kappa shape index (κ1) is 33.7. The molecule has 2 N–H and O–H groups in total. The molecule has 2 aliphatic heterocycles. The Morgan fingerprint density at radius 1 is 1.13 bits per heavy atom. The monoisotopic (exact) mass is 669 g/mol. The average Bonchev–Trinajstić information content (AvgIpc) is 3.02. The summed E-state index contributed by atoms with van der Waals surface area (Å²) in [6, 6.07) is 1.78. The first-order chi connectivity index (χ1) is 22.2. The number of nitrogens with two attached hydrogens (primary N) is 1. The number of halogens is 5. The molecule has 9 nitrogen and oxygen atoms in total. The molecular formula is C33H32ClF4N7O2. The molecule has 1 fully saturated rings. The Labute approximate surface area is 273 Å². The van der Waals surface area contributed by atoms with Crippen LogP contribution in [-0.2, 0) is 4.79 Å². The number of piperazine rings is 1. The topological polar surface area (TPSA) is 121 Å². The number of carbonyl (C=O) groups excluding carboxylic acids is 1. The lowest BCUT2D eigenvalue weighted by atomic mass is 9.88. The standard InChI is InChI=1S/C33H32ClF4N7O2/c1-7-21(46)44-16(5)12-43(13-17(44)6)31-18-10-20(34)29(22-23(35)25(37)26(38)27(40)24(22)36)42-32(18)45(33(47)19(31)11-39)30-15(4)8-9-41-28(30)14(2)3/h7-10,14-17,30H,1,12-13,40H2,2-6H3/t15-,16-,17+,30-/m1/s1. The quantitative estimate of drug-likeness (QED) is 0.115. The molecule has 0 radical (unpaired) electrons. The van der Waals surface area contributed by atoms with Crippen molar-refractivity contribution in [3.63, 3.8) is 0 Å². The molecular weight excluding hydrogens is 638 g/mol. The third-order valence-electron chi connectivity index (χ3n) is 8.70. The maximum atomic E-state index is 15.4. The van der Waals surface area contributed by atoms with Crippen LogP contribution in [0.4, 0.5) is 28.9 Å². The van der Waals surface area contributed by atoms with Gasteiger partial charge in [-0.2, -0.15) is 5.26 Å². The SMILES string of the molecule is C=CC(=O)N1[C@H](C)CN(c2c(C#N)c(=O)n([C@H]3C(C(C)C)=NC=C[C@H]3C)c3nc(-c4c(F)c(N)c(F)c(F)c4F)c(Cl)cc23)C[C@@H]1C. The lowest BCUT2D eigenvalue weighted by Gasteiger charge is -2.45. The van der Waals surface area contributed by atoms with Crippen molar-refractivity contribution >= 4 is 45.6 Å². The Kier molecular flexibility index (Phi) is 8.94. The molecule has 4 atom stereocenters. The van der Waals surface area contributed by atoms with Crippen molar-refractivity contribution in [3.8, 4) is 17.3 Å². The highest BCUT2D eigenvalue weighted by Crippen LogP contribution is 2.41. The van der Waals surface area contributed by atoms with Crippen molar-refractivity contribution < 1.29 is 22.4 Å². The zero-order chi connectivity index (χ0) is 34.6. The van der Waals surface area contributed by atoms with Crippen molar-refractivity contribution in [2.24, 2.45) is 16.8 Å². The van der Waals surface area contributed by atoms with Crippen molar-refractivity contribution in [1.29, 1.82) is 5.26 Å². The van der Waals surface area contributed by atoms with Gasteiger partial charge in [0.1, 0.15) is 23.0 Å². The van der Waals surface area contributed by atoms with E-state index in [9.17, 15) is 23.6 Å². The molecule has 3 aromatic rings. The molecule has 0 aliphatic carbocycles. The second-order valence-corrected chi connectivity index (χ2v) is 12.6. The molecule has 0 bridgehead atoms. The van der Waals surface area contributed by atoms with E-state index < -0.39 is 51.8 Å². The van der Waals surface area contributed by atoms with Gasteiger partial charge in [-0.15, -0.1) is 0 Å². The minimum atomic E-state index is -2.02. The highest BCUT2D eigenvalue weighted by molar-refractivity contribution is 6.34. The number of aromatic nitrogens is 2. The van der Waals surface area contributed by atoms with E-state index in [1.807, 2.05) is 40.7 Å². The number of hydrogen-bond acceptors (Lipinski definition) is 7. The van der Waals surface area contributed by atoms with Crippen LogP contribution in [0.15, 0.2) is 40.8 Å². The van der Waals surface area contributed by atoms with Crippen molar-refractivity contribution in [2.75, 3.05) is 23.7 Å². The van der Waals surface area contributed by atoms with Crippen LogP contribution in [0.3, 0.4) is 0 Å². The van der Waals surface area contributed by atoms with Crippen LogP contribution in [0.5, 0.6) is 0 Å². The second-order valence-electron chi connectivity index (χ2n) is 12.2. The predicted octanol–water partition coefficient (Wildman–Crippen LogP) is 6.14. The first-order valence-corrected chi connectivity index (χ1v) is 15.3. The summed E-state index contributed by atoms with van der Waals surface area (Å²) in [4.78, 5) is 39.5. The fraction of sp³-hybridized carbons (Fsp3) is 0.364. The Balaban J connectivity index is 1.91. The van der Waals surface area contributed by atoms with Crippen molar-refractivity contribution in [2.45, 2.75) is 52.7 Å². The smallest absolute Gasteiger partial charge is 0.272 e. The number of anilines is 2. The zero-order valence-corrected chi connectivity index (χ0v) is 27.0. The third kappa shape index (κ3) is 5.34. The second kappa shape index (κ2) is 12.5. The van der Waals surface area contributed by atoms with Crippen LogP contribution in [0.25, 0.3) is 22.3 Å². The molecule has 0 spiro atoms. The number of nitriles is 1. The van der Waals surface area contributed by atoms with E-state index in [4.69, 9.17) is 17.3 Å². The molecule has 14 heteroatoms. The molecule has 0 saturated carbocycles. The number of aliphatic imine (C=N–C) groups is 1. The van der Waals surface area contributed by atoms with E-state index in [2.05, 4.69) is 16.6 Å². The van der Waals surface area contributed by atoms with Crippen LogP contribution >= 0.6 is 11.6 Å². The predicted molar refractivity (Wildman–Crippen MR) is 173 cm³/mol. The van der Waals surface area contributed by atoms with E-state index in [1.165, 1.54) is 16.7 Å². The largest absolute Gasteiger partial charge is 0.394 e. The summed E-state index contributed by atoms with van der Waals surface area (Å²) in [6.07, 6.45) is 4.59. The summed E-state index contributed by atoms with van der Waals surface area (Å²) in [5, 5.41) is 10.3. The summed E-state index contributed by atoms with van der Waals surface area (Å²) in [6.45, 7) is 13.2.